The van der Waals surface area contributed by atoms with Crippen LogP contribution in [-0.4, -0.2) is 36.4 Å². The van der Waals surface area contributed by atoms with Crippen molar-refractivity contribution in [2.75, 3.05) is 6.54 Å². The van der Waals surface area contributed by atoms with Gasteiger partial charge < -0.3 is 5.11 Å². The summed E-state index contributed by atoms with van der Waals surface area (Å²) in [6.45, 7) is 1.84. The Morgan fingerprint density at radius 2 is 2.18 bits per heavy atom. The molecular formula is C14H15ClN2O4S. The second-order valence-corrected chi connectivity index (χ2v) is 7.47. The number of nitrogens with zero attached hydrogens (tertiary/aromatic N) is 2. The highest BCUT2D eigenvalue weighted by atomic mass is 35.5. The van der Waals surface area contributed by atoms with Gasteiger partial charge in [0.1, 0.15) is 4.90 Å². The molecule has 1 fully saturated rings. The number of sulfonamides is 1. The van der Waals surface area contributed by atoms with Crippen LogP contribution in [0.5, 0.6) is 0 Å². The van der Waals surface area contributed by atoms with E-state index in [0.29, 0.717) is 12.8 Å². The van der Waals surface area contributed by atoms with Crippen molar-refractivity contribution in [3.8, 4) is 6.07 Å². The number of carboxylic acid groups (broad SMARTS) is 1. The van der Waals surface area contributed by atoms with E-state index in [1.807, 2.05) is 6.07 Å². The molecule has 1 aliphatic heterocycles. The highest BCUT2D eigenvalue weighted by Gasteiger charge is 2.40. The first-order valence-corrected chi connectivity index (χ1v) is 8.55. The lowest BCUT2D eigenvalue weighted by Gasteiger charge is -2.36. The third-order valence-corrected chi connectivity index (χ3v) is 6.36. The quantitative estimate of drug-likeness (QED) is 0.906. The van der Waals surface area contributed by atoms with Crippen LogP contribution >= 0.6 is 11.6 Å². The smallest absolute Gasteiger partial charge is 0.308 e. The summed E-state index contributed by atoms with van der Waals surface area (Å²) in [5, 5.41) is 18.0. The number of benzene rings is 1. The zero-order valence-electron chi connectivity index (χ0n) is 11.9. The Balaban J connectivity index is 2.42. The number of carboxylic acids is 1. The van der Waals surface area contributed by atoms with Crippen LogP contribution in [0.4, 0.5) is 0 Å². The van der Waals surface area contributed by atoms with Gasteiger partial charge in [-0.15, -0.1) is 0 Å². The minimum absolute atomic E-state index is 0.0382. The van der Waals surface area contributed by atoms with Gasteiger partial charge in [0.15, 0.2) is 0 Å². The van der Waals surface area contributed by atoms with Gasteiger partial charge in [0.2, 0.25) is 10.0 Å². The van der Waals surface area contributed by atoms with Crippen molar-refractivity contribution in [1.82, 2.24) is 4.31 Å². The minimum Gasteiger partial charge on any atom is -0.481 e. The molecule has 1 heterocycles. The van der Waals surface area contributed by atoms with E-state index in [2.05, 4.69) is 0 Å². The molecular weight excluding hydrogens is 328 g/mol. The number of hydrogen-bond donors (Lipinski definition) is 1. The summed E-state index contributed by atoms with van der Waals surface area (Å²) in [5.74, 6) is -1.74. The summed E-state index contributed by atoms with van der Waals surface area (Å²) in [4.78, 5) is 11.1. The number of carbonyl (C=O) groups is 1. The molecule has 0 saturated carbocycles. The second-order valence-electron chi connectivity index (χ2n) is 5.20. The molecule has 0 bridgehead atoms. The molecule has 1 saturated heterocycles. The van der Waals surface area contributed by atoms with Crippen LogP contribution in [0.3, 0.4) is 0 Å². The van der Waals surface area contributed by atoms with E-state index in [-0.39, 0.29) is 22.0 Å². The Kier molecular flexibility index (Phi) is 4.75. The molecule has 118 valence electrons. The summed E-state index contributed by atoms with van der Waals surface area (Å²) in [6, 6.07) is 5.19. The van der Waals surface area contributed by atoms with Gasteiger partial charge in [-0.25, -0.2) is 8.42 Å². The molecule has 6 nitrogen and oxygen atoms in total. The van der Waals surface area contributed by atoms with E-state index in [4.69, 9.17) is 16.9 Å². The fourth-order valence-electron chi connectivity index (χ4n) is 2.69. The third-order valence-electron chi connectivity index (χ3n) is 3.90. The van der Waals surface area contributed by atoms with Crippen LogP contribution in [0, 0.1) is 17.2 Å². The number of hydrogen-bond acceptors (Lipinski definition) is 4. The van der Waals surface area contributed by atoms with Gasteiger partial charge >= 0.3 is 5.97 Å². The van der Waals surface area contributed by atoms with E-state index >= 15 is 0 Å². The summed E-state index contributed by atoms with van der Waals surface area (Å²) in [6.07, 6.45) is 0.929. The fourth-order valence-corrected chi connectivity index (χ4v) is 4.91. The summed E-state index contributed by atoms with van der Waals surface area (Å²) in [5.41, 5.74) is 0.263. The number of rotatable bonds is 3. The Morgan fingerprint density at radius 1 is 1.50 bits per heavy atom. The molecule has 1 aliphatic rings. The molecule has 2 atom stereocenters. The van der Waals surface area contributed by atoms with Gasteiger partial charge in [-0.2, -0.15) is 9.57 Å². The highest BCUT2D eigenvalue weighted by molar-refractivity contribution is 7.89. The van der Waals surface area contributed by atoms with Crippen LogP contribution in [0.1, 0.15) is 25.3 Å². The van der Waals surface area contributed by atoms with Crippen molar-refractivity contribution in [3.63, 3.8) is 0 Å². The topological polar surface area (TPSA) is 98.5 Å². The summed E-state index contributed by atoms with van der Waals surface area (Å²) >= 11 is 5.99. The molecule has 0 unspecified atom stereocenters. The molecule has 0 radical (unpaired) electrons. The predicted molar refractivity (Wildman–Crippen MR) is 79.9 cm³/mol. The van der Waals surface area contributed by atoms with E-state index in [0.717, 1.165) is 0 Å². The van der Waals surface area contributed by atoms with Crippen molar-refractivity contribution < 1.29 is 18.3 Å². The molecule has 1 aromatic rings. The molecule has 0 amide bonds. The van der Waals surface area contributed by atoms with Crippen molar-refractivity contribution in [3.05, 3.63) is 28.8 Å². The van der Waals surface area contributed by atoms with Crippen molar-refractivity contribution in [2.24, 2.45) is 5.92 Å². The van der Waals surface area contributed by atoms with Crippen LogP contribution in [0.25, 0.3) is 0 Å². The second kappa shape index (κ2) is 6.24. The fraction of sp³-hybridized carbons (Fsp3) is 0.429. The highest BCUT2D eigenvalue weighted by Crippen LogP contribution is 2.32. The zero-order chi connectivity index (χ0) is 16.5. The van der Waals surface area contributed by atoms with Gasteiger partial charge in [0, 0.05) is 12.6 Å². The first-order valence-electron chi connectivity index (χ1n) is 6.73. The Bertz CT molecular complexity index is 742. The number of nitriles is 1. The number of halogens is 1. The van der Waals surface area contributed by atoms with Gasteiger partial charge in [-0.05, 0) is 38.0 Å². The number of aliphatic carboxylic acids is 1. The van der Waals surface area contributed by atoms with Gasteiger partial charge in [0.25, 0.3) is 0 Å². The molecule has 8 heteroatoms. The summed E-state index contributed by atoms with van der Waals surface area (Å²) in [7, 11) is -3.90. The van der Waals surface area contributed by atoms with E-state index in [9.17, 15) is 18.3 Å². The largest absolute Gasteiger partial charge is 0.481 e. The van der Waals surface area contributed by atoms with Crippen molar-refractivity contribution in [1.29, 1.82) is 5.26 Å². The van der Waals surface area contributed by atoms with Crippen LogP contribution in [0.15, 0.2) is 23.1 Å². The zero-order valence-corrected chi connectivity index (χ0v) is 13.4. The van der Waals surface area contributed by atoms with Crippen LogP contribution in [0.2, 0.25) is 5.02 Å². The average molecular weight is 343 g/mol. The van der Waals surface area contributed by atoms with Crippen molar-refractivity contribution in [2.45, 2.75) is 30.7 Å². The predicted octanol–water partition coefficient (Wildman–Crippen LogP) is 2.09. The Hall–Kier alpha value is -1.62. The molecule has 0 aliphatic carbocycles. The minimum atomic E-state index is -3.90. The normalized spacial score (nSPS) is 23.0. The molecule has 0 aromatic heterocycles. The molecule has 1 N–H and O–H groups in total. The van der Waals surface area contributed by atoms with E-state index in [1.54, 1.807) is 6.92 Å². The maximum Gasteiger partial charge on any atom is 0.308 e. The lowest BCUT2D eigenvalue weighted by molar-refractivity contribution is -0.144. The van der Waals surface area contributed by atoms with Crippen LogP contribution < -0.4 is 0 Å². The molecule has 22 heavy (non-hydrogen) atoms. The Labute approximate surface area is 134 Å². The third kappa shape index (κ3) is 2.95. The average Bonchev–Trinajstić information content (AvgIpc) is 2.46. The van der Waals surface area contributed by atoms with Crippen LogP contribution in [-0.2, 0) is 14.8 Å². The molecule has 1 aromatic carbocycles. The molecule has 0 spiro atoms. The first-order chi connectivity index (χ1) is 10.3. The Morgan fingerprint density at radius 3 is 2.73 bits per heavy atom. The van der Waals surface area contributed by atoms with Crippen molar-refractivity contribution >= 4 is 27.6 Å². The standard InChI is InChI=1S/C14H15ClN2O4S/c1-9-11(14(18)19)3-2-6-17(9)22(20,21)13-5-4-10(8-16)7-12(13)15/h4-5,7,9,11H,2-3,6H2,1H3,(H,18,19)/t9-,11-/m1/s1. The lowest BCUT2D eigenvalue weighted by atomic mass is 9.92. The van der Waals surface area contributed by atoms with E-state index in [1.165, 1.54) is 22.5 Å². The number of piperidine rings is 1. The van der Waals surface area contributed by atoms with Gasteiger partial charge in [-0.1, -0.05) is 11.6 Å². The lowest BCUT2D eigenvalue weighted by Crippen LogP contribution is -2.49. The maximum absolute atomic E-state index is 12.8. The SMILES string of the molecule is C[C@@H]1[C@H](C(=O)O)CCCN1S(=O)(=O)c1ccc(C#N)cc1Cl. The monoisotopic (exact) mass is 342 g/mol. The van der Waals surface area contributed by atoms with Gasteiger partial charge in [0.05, 0.1) is 22.6 Å². The van der Waals surface area contributed by atoms with E-state index < -0.39 is 28.0 Å². The maximum atomic E-state index is 12.8. The van der Waals surface area contributed by atoms with Gasteiger partial charge in [-0.3, -0.25) is 4.79 Å². The summed E-state index contributed by atoms with van der Waals surface area (Å²) < 4.78 is 26.7. The molecule has 2 rings (SSSR count). The first kappa shape index (κ1) is 16.7.